The van der Waals surface area contributed by atoms with Crippen LogP contribution in [0.1, 0.15) is 20.3 Å². The molecule has 0 aliphatic carbocycles. The molecule has 2 N–H and O–H groups in total. The zero-order chi connectivity index (χ0) is 17.1. The molecule has 0 spiro atoms. The molecule has 0 amide bonds. The van der Waals surface area contributed by atoms with Gasteiger partial charge in [0, 0.05) is 30.7 Å². The first-order valence-corrected chi connectivity index (χ1v) is 8.55. The summed E-state index contributed by atoms with van der Waals surface area (Å²) in [6.45, 7) is 4.06. The summed E-state index contributed by atoms with van der Waals surface area (Å²) in [4.78, 5) is 9.87. The van der Waals surface area contributed by atoms with E-state index in [2.05, 4.69) is 0 Å². The molecular formula is C13H21Cl2N3O4S. The summed E-state index contributed by atoms with van der Waals surface area (Å²) < 4.78 is 26.1. The van der Waals surface area contributed by atoms with Crippen molar-refractivity contribution in [3.63, 3.8) is 0 Å². The Morgan fingerprint density at radius 3 is 2.43 bits per heavy atom. The fourth-order valence-electron chi connectivity index (χ4n) is 1.80. The smallest absolute Gasteiger partial charge is 0.289 e. The van der Waals surface area contributed by atoms with Crippen molar-refractivity contribution in [3.8, 4) is 0 Å². The summed E-state index contributed by atoms with van der Waals surface area (Å²) in [7, 11) is -2.64. The first-order chi connectivity index (χ1) is 10.1. The van der Waals surface area contributed by atoms with Crippen LogP contribution in [0.2, 0.25) is 5.02 Å². The van der Waals surface area contributed by atoms with Crippen LogP contribution in [-0.4, -0.2) is 37.3 Å². The number of rotatable bonds is 7. The van der Waals surface area contributed by atoms with Crippen LogP contribution in [0, 0.1) is 16.0 Å². The molecule has 1 atom stereocenters. The lowest BCUT2D eigenvalue weighted by atomic mass is 10.0. The molecule has 1 aromatic carbocycles. The standard InChI is InChI=1S/C13H20ClN3O4S.ClH/c1-9(2)11(15)6-7-16(3)22(20,21)13-8-10(14)4-5-12(13)17(18)19;/h4-5,8-9,11H,6-7,15H2,1-3H3;1H. The number of nitrogens with zero attached hydrogens (tertiary/aromatic N) is 2. The van der Waals surface area contributed by atoms with Crippen molar-refractivity contribution in [2.24, 2.45) is 11.7 Å². The normalized spacial score (nSPS) is 13.0. The Morgan fingerprint density at radius 2 is 1.96 bits per heavy atom. The van der Waals surface area contributed by atoms with E-state index < -0.39 is 25.5 Å². The molecule has 0 aliphatic heterocycles. The van der Waals surface area contributed by atoms with Crippen LogP contribution in [0.4, 0.5) is 5.69 Å². The third-order valence-corrected chi connectivity index (χ3v) is 5.56. The fraction of sp³-hybridized carbons (Fsp3) is 0.538. The number of hydrogen-bond acceptors (Lipinski definition) is 5. The Morgan fingerprint density at radius 1 is 1.39 bits per heavy atom. The van der Waals surface area contributed by atoms with Gasteiger partial charge in [-0.1, -0.05) is 25.4 Å². The highest BCUT2D eigenvalue weighted by atomic mass is 35.5. The molecule has 0 aromatic heterocycles. The number of benzene rings is 1. The largest absolute Gasteiger partial charge is 0.327 e. The Kier molecular flexibility index (Phi) is 8.44. The summed E-state index contributed by atoms with van der Waals surface area (Å²) >= 11 is 5.78. The number of nitrogens with two attached hydrogens (primary N) is 1. The van der Waals surface area contributed by atoms with Gasteiger partial charge in [0.05, 0.1) is 4.92 Å². The number of hydrogen-bond donors (Lipinski definition) is 1. The van der Waals surface area contributed by atoms with E-state index in [0.29, 0.717) is 6.42 Å². The van der Waals surface area contributed by atoms with Crippen LogP contribution in [0.15, 0.2) is 23.1 Å². The molecule has 10 heteroatoms. The molecule has 1 unspecified atom stereocenters. The predicted molar refractivity (Wildman–Crippen MR) is 92.6 cm³/mol. The van der Waals surface area contributed by atoms with Crippen LogP contribution in [0.25, 0.3) is 0 Å². The molecular weight excluding hydrogens is 365 g/mol. The minimum Gasteiger partial charge on any atom is -0.327 e. The Labute approximate surface area is 147 Å². The quantitative estimate of drug-likeness (QED) is 0.573. The zero-order valence-corrected chi connectivity index (χ0v) is 15.5. The average Bonchev–Trinajstić information content (AvgIpc) is 2.43. The van der Waals surface area contributed by atoms with Crippen LogP contribution >= 0.6 is 24.0 Å². The lowest BCUT2D eigenvalue weighted by Gasteiger charge is -2.21. The summed E-state index contributed by atoms with van der Waals surface area (Å²) in [6, 6.07) is 3.32. The molecule has 1 aromatic rings. The molecule has 0 saturated carbocycles. The highest BCUT2D eigenvalue weighted by Gasteiger charge is 2.30. The van der Waals surface area contributed by atoms with E-state index in [1.54, 1.807) is 0 Å². The first kappa shape index (κ1) is 22.1. The van der Waals surface area contributed by atoms with Gasteiger partial charge in [-0.15, -0.1) is 12.4 Å². The van der Waals surface area contributed by atoms with Gasteiger partial charge in [-0.25, -0.2) is 12.7 Å². The molecule has 0 heterocycles. The van der Waals surface area contributed by atoms with Crippen molar-refractivity contribution in [1.29, 1.82) is 0 Å². The number of halogens is 2. The van der Waals surface area contributed by atoms with E-state index in [4.69, 9.17) is 17.3 Å². The van der Waals surface area contributed by atoms with Crippen molar-refractivity contribution < 1.29 is 13.3 Å². The number of sulfonamides is 1. The average molecular weight is 386 g/mol. The highest BCUT2D eigenvalue weighted by Crippen LogP contribution is 2.29. The third-order valence-electron chi connectivity index (χ3n) is 3.44. The lowest BCUT2D eigenvalue weighted by molar-refractivity contribution is -0.387. The second-order valence-corrected chi connectivity index (χ2v) is 7.84. The van der Waals surface area contributed by atoms with Gasteiger partial charge in [-0.05, 0) is 24.5 Å². The van der Waals surface area contributed by atoms with Gasteiger partial charge in [-0.3, -0.25) is 10.1 Å². The second-order valence-electron chi connectivity index (χ2n) is 5.39. The zero-order valence-electron chi connectivity index (χ0n) is 13.1. The van der Waals surface area contributed by atoms with E-state index >= 15 is 0 Å². The van der Waals surface area contributed by atoms with E-state index in [1.807, 2.05) is 13.8 Å². The summed E-state index contributed by atoms with van der Waals surface area (Å²) in [5, 5.41) is 11.1. The van der Waals surface area contributed by atoms with Crippen molar-refractivity contribution in [1.82, 2.24) is 4.31 Å². The number of nitro benzene ring substituents is 1. The maximum absolute atomic E-state index is 12.5. The predicted octanol–water partition coefficient (Wildman–Crippen LogP) is 2.66. The molecule has 23 heavy (non-hydrogen) atoms. The molecule has 0 radical (unpaired) electrons. The highest BCUT2D eigenvalue weighted by molar-refractivity contribution is 7.89. The van der Waals surface area contributed by atoms with Gasteiger partial charge in [0.1, 0.15) is 0 Å². The molecule has 0 fully saturated rings. The van der Waals surface area contributed by atoms with Crippen molar-refractivity contribution in [2.45, 2.75) is 31.2 Å². The topological polar surface area (TPSA) is 107 Å². The maximum atomic E-state index is 12.5. The van der Waals surface area contributed by atoms with Crippen LogP contribution < -0.4 is 5.73 Å². The van der Waals surface area contributed by atoms with Gasteiger partial charge >= 0.3 is 0 Å². The first-order valence-electron chi connectivity index (χ1n) is 6.73. The number of nitro groups is 1. The van der Waals surface area contributed by atoms with Crippen LogP contribution in [0.3, 0.4) is 0 Å². The Balaban J connectivity index is 0.00000484. The van der Waals surface area contributed by atoms with E-state index in [1.165, 1.54) is 13.1 Å². The Hall–Kier alpha value is -0.930. The van der Waals surface area contributed by atoms with Crippen LogP contribution in [0.5, 0.6) is 0 Å². The third kappa shape index (κ3) is 5.58. The molecule has 0 aliphatic rings. The van der Waals surface area contributed by atoms with E-state index in [-0.39, 0.29) is 35.9 Å². The monoisotopic (exact) mass is 385 g/mol. The fourth-order valence-corrected chi connectivity index (χ4v) is 3.40. The molecule has 1 rings (SSSR count). The van der Waals surface area contributed by atoms with Gasteiger partial charge < -0.3 is 5.73 Å². The second kappa shape index (κ2) is 8.79. The van der Waals surface area contributed by atoms with E-state index in [0.717, 1.165) is 16.4 Å². The maximum Gasteiger partial charge on any atom is 0.289 e. The molecule has 0 saturated heterocycles. The Bertz CT molecular complexity index is 653. The van der Waals surface area contributed by atoms with Crippen molar-refractivity contribution in [3.05, 3.63) is 33.3 Å². The minimum atomic E-state index is -4.01. The minimum absolute atomic E-state index is 0. The van der Waals surface area contributed by atoms with Gasteiger partial charge in [0.2, 0.25) is 10.0 Å². The molecule has 132 valence electrons. The lowest BCUT2D eigenvalue weighted by Crippen LogP contribution is -2.34. The van der Waals surface area contributed by atoms with Gasteiger partial charge in [0.15, 0.2) is 4.90 Å². The van der Waals surface area contributed by atoms with E-state index in [9.17, 15) is 18.5 Å². The van der Waals surface area contributed by atoms with Crippen LogP contribution in [-0.2, 0) is 10.0 Å². The summed E-state index contributed by atoms with van der Waals surface area (Å²) in [6.07, 6.45) is 0.460. The summed E-state index contributed by atoms with van der Waals surface area (Å²) in [5.74, 6) is 0.219. The van der Waals surface area contributed by atoms with Gasteiger partial charge in [0.25, 0.3) is 5.69 Å². The van der Waals surface area contributed by atoms with Crippen molar-refractivity contribution in [2.75, 3.05) is 13.6 Å². The van der Waals surface area contributed by atoms with Gasteiger partial charge in [-0.2, -0.15) is 0 Å². The van der Waals surface area contributed by atoms with Crippen molar-refractivity contribution >= 4 is 39.7 Å². The molecule has 7 nitrogen and oxygen atoms in total. The summed E-state index contributed by atoms with van der Waals surface area (Å²) in [5.41, 5.74) is 5.40. The molecule has 0 bridgehead atoms. The SMILES string of the molecule is CC(C)C(N)CCN(C)S(=O)(=O)c1cc(Cl)ccc1[N+](=O)[O-].Cl.